The second-order valence-electron chi connectivity index (χ2n) is 9.88. The van der Waals surface area contributed by atoms with Crippen LogP contribution in [0.1, 0.15) is 45.4 Å². The minimum atomic E-state index is -0.623. The zero-order valence-electron chi connectivity index (χ0n) is 19.7. The van der Waals surface area contributed by atoms with Crippen molar-refractivity contribution in [1.82, 2.24) is 29.7 Å². The monoisotopic (exact) mass is 493 g/mol. The second-order valence-corrected chi connectivity index (χ2v) is 10.3. The Morgan fingerprint density at radius 1 is 1.11 bits per heavy atom. The van der Waals surface area contributed by atoms with E-state index in [-0.39, 0.29) is 5.89 Å². The highest BCUT2D eigenvalue weighted by molar-refractivity contribution is 6.30. The summed E-state index contributed by atoms with van der Waals surface area (Å²) < 4.78 is 7.59. The van der Waals surface area contributed by atoms with E-state index in [1.807, 2.05) is 12.1 Å². The number of H-pyrrole nitrogens is 1. The Labute approximate surface area is 207 Å². The number of rotatable bonds is 5. The molecule has 0 amide bonds. The number of hydrogen-bond acceptors (Lipinski definition) is 7. The quantitative estimate of drug-likeness (QED) is 0.420. The molecule has 0 radical (unpaired) electrons. The summed E-state index contributed by atoms with van der Waals surface area (Å²) in [6.45, 7) is 5.23. The molecule has 0 aromatic carbocycles. The van der Waals surface area contributed by atoms with Gasteiger partial charge in [-0.25, -0.2) is 19.9 Å². The molecule has 4 aromatic rings. The Balaban J connectivity index is 1.57. The van der Waals surface area contributed by atoms with Crippen LogP contribution in [0.15, 0.2) is 33.7 Å². The predicted octanol–water partition coefficient (Wildman–Crippen LogP) is 4.92. The summed E-state index contributed by atoms with van der Waals surface area (Å²) in [6.07, 6.45) is 10.7. The van der Waals surface area contributed by atoms with Gasteiger partial charge in [-0.2, -0.15) is 0 Å². The van der Waals surface area contributed by atoms with E-state index in [1.165, 1.54) is 25.7 Å². The number of nitrogens with zero attached hydrogens (tertiary/aromatic N) is 6. The van der Waals surface area contributed by atoms with Crippen molar-refractivity contribution >= 4 is 28.6 Å². The van der Waals surface area contributed by atoms with Gasteiger partial charge >= 0.3 is 5.76 Å². The molecule has 0 atom stereocenters. The molecule has 1 aliphatic carbocycles. The van der Waals surface area contributed by atoms with Gasteiger partial charge in [-0.15, -0.1) is 5.10 Å². The van der Waals surface area contributed by atoms with Crippen molar-refractivity contribution in [2.75, 3.05) is 18.0 Å². The van der Waals surface area contributed by atoms with Gasteiger partial charge in [0, 0.05) is 37.6 Å². The molecule has 2 fully saturated rings. The lowest BCUT2D eigenvalue weighted by Gasteiger charge is -2.28. The fourth-order valence-electron chi connectivity index (χ4n) is 5.44. The summed E-state index contributed by atoms with van der Waals surface area (Å²) in [4.78, 5) is 28.3. The lowest BCUT2D eigenvalue weighted by atomic mass is 9.83. The Morgan fingerprint density at radius 2 is 1.91 bits per heavy atom. The fraction of sp³-hybridized carbons (Fsp3) is 0.480. The van der Waals surface area contributed by atoms with Crippen molar-refractivity contribution in [1.29, 1.82) is 0 Å². The highest BCUT2D eigenvalue weighted by Gasteiger charge is 2.27. The summed E-state index contributed by atoms with van der Waals surface area (Å²) in [7, 11) is 0. The van der Waals surface area contributed by atoms with Crippen molar-refractivity contribution in [3.8, 4) is 22.8 Å². The van der Waals surface area contributed by atoms with Crippen LogP contribution in [0.2, 0.25) is 5.02 Å². The number of aromatic nitrogens is 6. The van der Waals surface area contributed by atoms with E-state index in [1.54, 1.807) is 12.4 Å². The van der Waals surface area contributed by atoms with Crippen molar-refractivity contribution in [3.63, 3.8) is 0 Å². The highest BCUT2D eigenvalue weighted by Crippen LogP contribution is 2.37. The number of imidazole rings is 1. The Kier molecular flexibility index (Phi) is 5.80. The minimum absolute atomic E-state index is 0.131. The first-order chi connectivity index (χ1) is 17.0. The Morgan fingerprint density at radius 3 is 2.63 bits per heavy atom. The largest absolute Gasteiger partial charge is 0.434 e. The van der Waals surface area contributed by atoms with Crippen LogP contribution in [-0.2, 0) is 6.54 Å². The molecule has 6 rings (SSSR count). The molecule has 0 spiro atoms. The van der Waals surface area contributed by atoms with Crippen LogP contribution in [0.25, 0.3) is 33.9 Å². The molecular weight excluding hydrogens is 466 g/mol. The maximum absolute atomic E-state index is 11.6. The molecule has 35 heavy (non-hydrogen) atoms. The van der Waals surface area contributed by atoms with Gasteiger partial charge in [0.15, 0.2) is 0 Å². The number of halogens is 1. The van der Waals surface area contributed by atoms with Gasteiger partial charge < -0.3 is 13.9 Å². The van der Waals surface area contributed by atoms with E-state index in [2.05, 4.69) is 31.6 Å². The number of fused-ring (bicyclic) bond motifs is 1. The van der Waals surface area contributed by atoms with Crippen LogP contribution >= 0.6 is 11.6 Å². The van der Waals surface area contributed by atoms with Crippen molar-refractivity contribution in [3.05, 3.63) is 40.1 Å². The van der Waals surface area contributed by atoms with E-state index in [4.69, 9.17) is 26.0 Å². The number of hydrogen-bond donors (Lipinski definition) is 1. The van der Waals surface area contributed by atoms with Crippen LogP contribution < -0.4 is 10.7 Å². The third-order valence-corrected chi connectivity index (χ3v) is 7.51. The number of pyridine rings is 2. The highest BCUT2D eigenvalue weighted by atomic mass is 35.5. The zero-order valence-corrected chi connectivity index (χ0v) is 20.5. The molecule has 1 saturated carbocycles. The van der Waals surface area contributed by atoms with E-state index < -0.39 is 5.76 Å². The smallest absolute Gasteiger partial charge is 0.386 e. The lowest BCUT2D eigenvalue weighted by molar-refractivity contribution is 0.267. The van der Waals surface area contributed by atoms with Crippen molar-refractivity contribution in [2.45, 2.75) is 52.0 Å². The summed E-state index contributed by atoms with van der Waals surface area (Å²) in [6, 6.07) is 3.71. The van der Waals surface area contributed by atoms with Gasteiger partial charge in [0.25, 0.3) is 5.89 Å². The molecule has 10 heteroatoms. The maximum atomic E-state index is 11.6. The maximum Gasteiger partial charge on any atom is 0.434 e. The van der Waals surface area contributed by atoms with Crippen LogP contribution in [0.3, 0.4) is 0 Å². The van der Waals surface area contributed by atoms with Gasteiger partial charge in [-0.05, 0) is 49.7 Å². The lowest BCUT2D eigenvalue weighted by Crippen LogP contribution is -2.25. The third kappa shape index (κ3) is 4.33. The molecule has 182 valence electrons. The summed E-state index contributed by atoms with van der Waals surface area (Å²) in [5, 5.41) is 6.85. The molecule has 0 bridgehead atoms. The zero-order chi connectivity index (χ0) is 23.9. The molecule has 1 saturated heterocycles. The van der Waals surface area contributed by atoms with Gasteiger partial charge in [0.2, 0.25) is 5.95 Å². The van der Waals surface area contributed by atoms with Crippen LogP contribution in [-0.4, -0.2) is 42.8 Å². The third-order valence-electron chi connectivity index (χ3n) is 7.31. The normalized spacial score (nSPS) is 20.7. The van der Waals surface area contributed by atoms with Crippen LogP contribution in [0, 0.1) is 11.8 Å². The average molecular weight is 494 g/mol. The first-order valence-electron chi connectivity index (χ1n) is 12.4. The number of nitrogens with one attached hydrogen (secondary N) is 1. The van der Waals surface area contributed by atoms with Gasteiger partial charge in [0.1, 0.15) is 5.69 Å². The second kappa shape index (κ2) is 9.11. The van der Waals surface area contributed by atoms with E-state index in [0.29, 0.717) is 22.3 Å². The van der Waals surface area contributed by atoms with Crippen molar-refractivity contribution < 1.29 is 4.42 Å². The van der Waals surface area contributed by atoms with Crippen LogP contribution in [0.5, 0.6) is 0 Å². The summed E-state index contributed by atoms with van der Waals surface area (Å²) in [5.41, 5.74) is 3.68. The SMILES string of the molecule is CC1CCC(Cn2c(N3CCCC3)nc3cc(-c4n[nH]c(=O)o4)nc(-c4cncc(Cl)c4)c32)CC1. The van der Waals surface area contributed by atoms with Crippen molar-refractivity contribution in [2.24, 2.45) is 11.8 Å². The first kappa shape index (κ1) is 22.3. The van der Waals surface area contributed by atoms with E-state index in [0.717, 1.165) is 60.9 Å². The van der Waals surface area contributed by atoms with E-state index in [9.17, 15) is 4.79 Å². The first-order valence-corrected chi connectivity index (χ1v) is 12.8. The van der Waals surface area contributed by atoms with Gasteiger partial charge in [-0.1, -0.05) is 31.4 Å². The standard InChI is InChI=1S/C25H28ClN7O2/c1-15-4-6-16(7-5-15)14-33-22-19(29-24(33)32-8-2-3-9-32)11-20(23-30-31-25(34)35-23)28-21(22)17-10-18(26)13-27-12-17/h10-13,15-16H,2-9,14H2,1H3,(H,31,34). The van der Waals surface area contributed by atoms with Gasteiger partial charge in [-0.3, -0.25) is 4.98 Å². The number of anilines is 1. The minimum Gasteiger partial charge on any atom is -0.386 e. The topological polar surface area (TPSA) is 106 Å². The van der Waals surface area contributed by atoms with E-state index >= 15 is 0 Å². The average Bonchev–Trinajstić information content (AvgIpc) is 3.60. The molecular formula is C25H28ClN7O2. The summed E-state index contributed by atoms with van der Waals surface area (Å²) >= 11 is 6.33. The fourth-order valence-corrected chi connectivity index (χ4v) is 5.61. The molecule has 5 heterocycles. The van der Waals surface area contributed by atoms with Crippen LogP contribution in [0.4, 0.5) is 5.95 Å². The molecule has 9 nitrogen and oxygen atoms in total. The summed E-state index contributed by atoms with van der Waals surface area (Å²) in [5.74, 6) is 1.88. The molecule has 1 N–H and O–H groups in total. The molecule has 2 aliphatic rings. The molecule has 0 unspecified atom stereocenters. The van der Waals surface area contributed by atoms with Gasteiger partial charge in [0.05, 0.1) is 21.7 Å². The predicted molar refractivity (Wildman–Crippen MR) is 134 cm³/mol. The molecule has 4 aromatic heterocycles. The number of aromatic amines is 1. The Bertz CT molecular complexity index is 1410. The Hall–Kier alpha value is -3.20. The molecule has 1 aliphatic heterocycles.